The smallest absolute Gasteiger partial charge is 0.292 e. The van der Waals surface area contributed by atoms with Crippen LogP contribution in [0.15, 0.2) is 40.9 Å². The maximum atomic E-state index is 13.1. The number of amides is 2. The number of likely N-dealkylation sites (tertiary alicyclic amines) is 1. The van der Waals surface area contributed by atoms with Crippen LogP contribution >= 0.6 is 0 Å². The molecule has 3 heterocycles. The molecule has 2 amide bonds. The predicted molar refractivity (Wildman–Crippen MR) is 117 cm³/mol. The van der Waals surface area contributed by atoms with Crippen LogP contribution in [-0.4, -0.2) is 72.3 Å². The van der Waals surface area contributed by atoms with Crippen molar-refractivity contribution in [1.82, 2.24) is 15.0 Å². The van der Waals surface area contributed by atoms with E-state index in [0.717, 1.165) is 11.4 Å². The van der Waals surface area contributed by atoms with Gasteiger partial charge in [-0.25, -0.2) is 0 Å². The monoisotopic (exact) mass is 441 g/mol. The Labute approximate surface area is 188 Å². The zero-order valence-corrected chi connectivity index (χ0v) is 18.7. The molecule has 0 radical (unpaired) electrons. The lowest BCUT2D eigenvalue weighted by Gasteiger charge is -2.39. The van der Waals surface area contributed by atoms with Gasteiger partial charge in [-0.1, -0.05) is 37.2 Å². The highest BCUT2D eigenvalue weighted by atomic mass is 16.5. The van der Waals surface area contributed by atoms with E-state index in [2.05, 4.69) is 5.16 Å². The number of hydrogen-bond donors (Lipinski definition) is 0. The molecule has 2 atom stereocenters. The van der Waals surface area contributed by atoms with Gasteiger partial charge in [0.2, 0.25) is 11.7 Å². The van der Waals surface area contributed by atoms with Crippen molar-refractivity contribution in [3.8, 4) is 5.75 Å². The number of hydrogen-bond acceptors (Lipinski definition) is 6. The number of carbonyl (C=O) groups is 2. The summed E-state index contributed by atoms with van der Waals surface area (Å²) in [6.45, 7) is 7.32. The minimum absolute atomic E-state index is 0.0796. The lowest BCUT2D eigenvalue weighted by molar-refractivity contribution is -0.137. The first-order chi connectivity index (χ1) is 15.5. The first-order valence-electron chi connectivity index (χ1n) is 11.3. The first-order valence-corrected chi connectivity index (χ1v) is 11.3. The third kappa shape index (κ3) is 5.30. The van der Waals surface area contributed by atoms with Gasteiger partial charge in [-0.3, -0.25) is 9.59 Å². The van der Waals surface area contributed by atoms with Gasteiger partial charge >= 0.3 is 0 Å². The Balaban J connectivity index is 1.47. The second-order valence-corrected chi connectivity index (χ2v) is 8.74. The number of carbonyl (C=O) groups excluding carboxylic acids is 2. The molecule has 0 bridgehead atoms. The average Bonchev–Trinajstić information content (AvgIpc) is 3.32. The van der Waals surface area contributed by atoms with Crippen molar-refractivity contribution in [2.45, 2.75) is 38.7 Å². The summed E-state index contributed by atoms with van der Waals surface area (Å²) in [5, 5.41) is 4.01. The molecular formula is C24H31N3O5. The summed E-state index contributed by atoms with van der Waals surface area (Å²) in [5.74, 6) is 0.981. The SMILES string of the molecule is CC(C)c1cc(C(=O)N2CC[C@H](Oc3ccccc3)[C@@H](CC(=O)N3CCOCC3)C2)on1. The molecule has 4 rings (SSSR count). The van der Waals surface area contributed by atoms with E-state index in [-0.39, 0.29) is 35.5 Å². The van der Waals surface area contributed by atoms with Crippen molar-refractivity contribution in [2.24, 2.45) is 5.92 Å². The second-order valence-electron chi connectivity index (χ2n) is 8.74. The van der Waals surface area contributed by atoms with E-state index in [1.807, 2.05) is 49.1 Å². The quantitative estimate of drug-likeness (QED) is 0.685. The van der Waals surface area contributed by atoms with Crippen molar-refractivity contribution in [2.75, 3.05) is 39.4 Å². The highest BCUT2D eigenvalue weighted by Gasteiger charge is 2.36. The number of benzene rings is 1. The fourth-order valence-electron chi connectivity index (χ4n) is 4.20. The third-order valence-corrected chi connectivity index (χ3v) is 6.11. The third-order valence-electron chi connectivity index (χ3n) is 6.11. The fraction of sp³-hybridized carbons (Fsp3) is 0.542. The Morgan fingerprint density at radius 1 is 1.12 bits per heavy atom. The Bertz CT molecular complexity index is 907. The molecule has 2 aliphatic rings. The molecule has 0 saturated carbocycles. The largest absolute Gasteiger partial charge is 0.490 e. The van der Waals surface area contributed by atoms with Crippen LogP contribution in [0, 0.1) is 5.92 Å². The van der Waals surface area contributed by atoms with Crippen LogP contribution in [-0.2, 0) is 9.53 Å². The van der Waals surface area contributed by atoms with Crippen molar-refractivity contribution < 1.29 is 23.6 Å². The van der Waals surface area contributed by atoms with E-state index < -0.39 is 0 Å². The summed E-state index contributed by atoms with van der Waals surface area (Å²) in [4.78, 5) is 29.6. The number of ether oxygens (including phenoxy) is 2. The number of para-hydroxylation sites is 1. The zero-order chi connectivity index (χ0) is 22.5. The Kier molecular flexibility index (Phi) is 7.09. The molecule has 2 fully saturated rings. The molecule has 8 heteroatoms. The van der Waals surface area contributed by atoms with Crippen LogP contribution in [0.5, 0.6) is 5.75 Å². The minimum atomic E-state index is -0.189. The molecule has 1 aromatic carbocycles. The van der Waals surface area contributed by atoms with E-state index in [1.54, 1.807) is 11.0 Å². The topological polar surface area (TPSA) is 85.1 Å². The normalized spacial score (nSPS) is 21.6. The Morgan fingerprint density at radius 3 is 2.56 bits per heavy atom. The Hall–Kier alpha value is -2.87. The maximum Gasteiger partial charge on any atom is 0.292 e. The summed E-state index contributed by atoms with van der Waals surface area (Å²) in [6, 6.07) is 11.3. The summed E-state index contributed by atoms with van der Waals surface area (Å²) < 4.78 is 16.9. The summed E-state index contributed by atoms with van der Waals surface area (Å²) in [7, 11) is 0. The summed E-state index contributed by atoms with van der Waals surface area (Å²) >= 11 is 0. The van der Waals surface area contributed by atoms with Crippen LogP contribution in [0.4, 0.5) is 0 Å². The molecule has 0 unspecified atom stereocenters. The second kappa shape index (κ2) is 10.2. The maximum absolute atomic E-state index is 13.1. The molecule has 32 heavy (non-hydrogen) atoms. The van der Waals surface area contributed by atoms with Crippen LogP contribution in [0.25, 0.3) is 0 Å². The van der Waals surface area contributed by atoms with Gasteiger partial charge < -0.3 is 23.8 Å². The van der Waals surface area contributed by atoms with Crippen LogP contribution < -0.4 is 4.74 Å². The molecule has 2 saturated heterocycles. The van der Waals surface area contributed by atoms with Gasteiger partial charge in [0, 0.05) is 51.0 Å². The molecule has 8 nitrogen and oxygen atoms in total. The highest BCUT2D eigenvalue weighted by Crippen LogP contribution is 2.28. The standard InChI is InChI=1S/C24H31N3O5/c1-17(2)20-15-22(32-25-20)24(29)27-9-8-21(31-19-6-4-3-5-7-19)18(16-27)14-23(28)26-10-12-30-13-11-26/h3-7,15,17-18,21H,8-14,16H2,1-2H3/t18-,21-/m0/s1. The summed E-state index contributed by atoms with van der Waals surface area (Å²) in [5.41, 5.74) is 0.759. The number of piperidine rings is 1. The van der Waals surface area contributed by atoms with Gasteiger partial charge in [0.25, 0.3) is 5.91 Å². The predicted octanol–water partition coefficient (Wildman–Crippen LogP) is 2.96. The van der Waals surface area contributed by atoms with Crippen LogP contribution in [0.1, 0.15) is 48.9 Å². The molecular weight excluding hydrogens is 410 g/mol. The van der Waals surface area contributed by atoms with Gasteiger partial charge in [0.15, 0.2) is 0 Å². The van der Waals surface area contributed by atoms with Gasteiger partial charge in [-0.2, -0.15) is 0 Å². The van der Waals surface area contributed by atoms with Gasteiger partial charge in [-0.05, 0) is 18.1 Å². The lowest BCUT2D eigenvalue weighted by atomic mass is 9.90. The van der Waals surface area contributed by atoms with Crippen molar-refractivity contribution in [1.29, 1.82) is 0 Å². The van der Waals surface area contributed by atoms with E-state index in [4.69, 9.17) is 14.0 Å². The molecule has 0 aliphatic carbocycles. The van der Waals surface area contributed by atoms with Crippen molar-refractivity contribution >= 4 is 11.8 Å². The van der Waals surface area contributed by atoms with Gasteiger partial charge in [0.05, 0.1) is 18.9 Å². The Morgan fingerprint density at radius 2 is 1.88 bits per heavy atom. The highest BCUT2D eigenvalue weighted by molar-refractivity contribution is 5.91. The zero-order valence-electron chi connectivity index (χ0n) is 18.7. The van der Waals surface area contributed by atoms with E-state index >= 15 is 0 Å². The average molecular weight is 442 g/mol. The van der Waals surface area contributed by atoms with Gasteiger partial charge in [0.1, 0.15) is 11.9 Å². The van der Waals surface area contributed by atoms with Crippen LogP contribution in [0.2, 0.25) is 0 Å². The number of aromatic nitrogens is 1. The molecule has 2 aliphatic heterocycles. The molecule has 2 aromatic rings. The van der Waals surface area contributed by atoms with E-state index in [9.17, 15) is 9.59 Å². The van der Waals surface area contributed by atoms with Crippen molar-refractivity contribution in [3.05, 3.63) is 47.9 Å². The van der Waals surface area contributed by atoms with Crippen LogP contribution in [0.3, 0.4) is 0 Å². The first kappa shape index (κ1) is 22.3. The fourth-order valence-corrected chi connectivity index (χ4v) is 4.20. The molecule has 0 N–H and O–H groups in total. The van der Waals surface area contributed by atoms with Gasteiger partial charge in [-0.15, -0.1) is 0 Å². The minimum Gasteiger partial charge on any atom is -0.490 e. The number of morpholine rings is 1. The number of nitrogens with zero attached hydrogens (tertiary/aromatic N) is 3. The molecule has 172 valence electrons. The van der Waals surface area contributed by atoms with Crippen molar-refractivity contribution in [3.63, 3.8) is 0 Å². The number of rotatable bonds is 6. The molecule has 0 spiro atoms. The van der Waals surface area contributed by atoms with E-state index in [1.165, 1.54) is 0 Å². The summed E-state index contributed by atoms with van der Waals surface area (Å²) in [6.07, 6.45) is 0.828. The molecule has 1 aromatic heterocycles. The lowest BCUT2D eigenvalue weighted by Crippen LogP contribution is -2.50. The van der Waals surface area contributed by atoms with E-state index in [0.29, 0.717) is 52.2 Å².